The number of halogens is 1. The molecule has 0 bridgehead atoms. The first-order chi connectivity index (χ1) is 9.19. The molecule has 0 radical (unpaired) electrons. The zero-order valence-corrected chi connectivity index (χ0v) is 11.4. The van der Waals surface area contributed by atoms with Crippen LogP contribution in [0.2, 0.25) is 0 Å². The van der Waals surface area contributed by atoms with E-state index in [0.29, 0.717) is 19.1 Å². The van der Waals surface area contributed by atoms with E-state index in [4.69, 9.17) is 0 Å². The van der Waals surface area contributed by atoms with E-state index in [0.717, 1.165) is 17.7 Å². The summed E-state index contributed by atoms with van der Waals surface area (Å²) in [5.74, 6) is -0.194. The summed E-state index contributed by atoms with van der Waals surface area (Å²) < 4.78 is 15.0. The number of hydrogen-bond acceptors (Lipinski definition) is 2. The summed E-state index contributed by atoms with van der Waals surface area (Å²) in [6.07, 6.45) is 3.07. The van der Waals surface area contributed by atoms with Crippen LogP contribution in [0.5, 0.6) is 0 Å². The Morgan fingerprint density at radius 3 is 2.89 bits per heavy atom. The van der Waals surface area contributed by atoms with E-state index in [-0.39, 0.29) is 5.82 Å². The molecule has 0 saturated heterocycles. The van der Waals surface area contributed by atoms with Crippen LogP contribution in [-0.2, 0) is 13.1 Å². The van der Waals surface area contributed by atoms with Crippen molar-refractivity contribution in [3.8, 4) is 0 Å². The fraction of sp³-hybridized carbons (Fsp3) is 0.400. The van der Waals surface area contributed by atoms with Crippen molar-refractivity contribution in [3.05, 3.63) is 53.6 Å². The average molecular weight is 261 g/mol. The fourth-order valence-electron chi connectivity index (χ4n) is 1.89. The van der Waals surface area contributed by atoms with Gasteiger partial charge in [0, 0.05) is 25.3 Å². The maximum absolute atomic E-state index is 13.0. The van der Waals surface area contributed by atoms with Gasteiger partial charge in [0.1, 0.15) is 5.82 Å². The predicted octanol–water partition coefficient (Wildman–Crippen LogP) is 3.28. The zero-order valence-electron chi connectivity index (χ0n) is 11.4. The lowest BCUT2D eigenvalue weighted by atomic mass is 10.2. The van der Waals surface area contributed by atoms with Crippen LogP contribution in [-0.4, -0.2) is 9.78 Å². The van der Waals surface area contributed by atoms with Crippen molar-refractivity contribution in [3.63, 3.8) is 0 Å². The Balaban J connectivity index is 1.84. The summed E-state index contributed by atoms with van der Waals surface area (Å²) in [5, 5.41) is 7.78. The normalized spacial score (nSPS) is 12.6. The van der Waals surface area contributed by atoms with Crippen molar-refractivity contribution in [2.75, 3.05) is 0 Å². The van der Waals surface area contributed by atoms with Crippen molar-refractivity contribution in [2.45, 2.75) is 39.4 Å². The molecule has 19 heavy (non-hydrogen) atoms. The van der Waals surface area contributed by atoms with Gasteiger partial charge in [0.05, 0.1) is 5.69 Å². The van der Waals surface area contributed by atoms with Gasteiger partial charge in [-0.25, -0.2) is 4.39 Å². The van der Waals surface area contributed by atoms with Crippen LogP contribution < -0.4 is 5.32 Å². The molecule has 1 atom stereocenters. The third kappa shape index (κ3) is 3.89. The van der Waals surface area contributed by atoms with Crippen LogP contribution in [0.25, 0.3) is 0 Å². The fourth-order valence-corrected chi connectivity index (χ4v) is 1.89. The molecule has 1 unspecified atom stereocenters. The number of nitrogens with zero attached hydrogens (tertiary/aromatic N) is 2. The molecule has 1 N–H and O–H groups in total. The van der Waals surface area contributed by atoms with Crippen LogP contribution in [0.1, 0.15) is 37.6 Å². The first-order valence-corrected chi connectivity index (χ1v) is 6.68. The van der Waals surface area contributed by atoms with Gasteiger partial charge in [-0.3, -0.25) is 4.68 Å². The van der Waals surface area contributed by atoms with E-state index in [1.165, 1.54) is 6.07 Å². The van der Waals surface area contributed by atoms with Crippen LogP contribution in [0.15, 0.2) is 36.5 Å². The van der Waals surface area contributed by atoms with Crippen molar-refractivity contribution < 1.29 is 4.39 Å². The molecule has 0 saturated carbocycles. The van der Waals surface area contributed by atoms with E-state index in [2.05, 4.69) is 24.3 Å². The largest absolute Gasteiger partial charge is 0.307 e. The predicted molar refractivity (Wildman–Crippen MR) is 74.2 cm³/mol. The van der Waals surface area contributed by atoms with Gasteiger partial charge in [0.15, 0.2) is 0 Å². The smallest absolute Gasteiger partial charge is 0.123 e. The molecule has 1 aromatic heterocycles. The van der Waals surface area contributed by atoms with Crippen LogP contribution in [0, 0.1) is 5.82 Å². The Hall–Kier alpha value is -1.68. The molecule has 0 fully saturated rings. The topological polar surface area (TPSA) is 29.9 Å². The van der Waals surface area contributed by atoms with Crippen LogP contribution in [0.4, 0.5) is 4.39 Å². The third-order valence-electron chi connectivity index (χ3n) is 3.23. The van der Waals surface area contributed by atoms with E-state index in [9.17, 15) is 4.39 Å². The summed E-state index contributed by atoms with van der Waals surface area (Å²) in [5.41, 5.74) is 1.96. The molecule has 3 nitrogen and oxygen atoms in total. The highest BCUT2D eigenvalue weighted by Gasteiger charge is 2.04. The number of nitrogens with one attached hydrogen (secondary N) is 1. The molecule has 4 heteroatoms. The van der Waals surface area contributed by atoms with Crippen molar-refractivity contribution in [1.29, 1.82) is 0 Å². The molecule has 0 aliphatic rings. The highest BCUT2D eigenvalue weighted by Crippen LogP contribution is 2.09. The molecule has 0 amide bonds. The second-order valence-electron chi connectivity index (χ2n) is 4.78. The first kappa shape index (κ1) is 13.7. The van der Waals surface area contributed by atoms with Gasteiger partial charge < -0.3 is 5.32 Å². The Kier molecular flexibility index (Phi) is 4.68. The van der Waals surface area contributed by atoms with Gasteiger partial charge in [0.2, 0.25) is 0 Å². The molecule has 0 spiro atoms. The molecule has 0 aliphatic heterocycles. The van der Waals surface area contributed by atoms with E-state index < -0.39 is 0 Å². The van der Waals surface area contributed by atoms with Crippen molar-refractivity contribution >= 4 is 0 Å². The van der Waals surface area contributed by atoms with Gasteiger partial charge >= 0.3 is 0 Å². The van der Waals surface area contributed by atoms with E-state index in [1.54, 1.807) is 12.1 Å². The maximum Gasteiger partial charge on any atom is 0.123 e. The Morgan fingerprint density at radius 1 is 1.32 bits per heavy atom. The quantitative estimate of drug-likeness (QED) is 0.864. The minimum Gasteiger partial charge on any atom is -0.307 e. The number of benzene rings is 1. The maximum atomic E-state index is 13.0. The third-order valence-corrected chi connectivity index (χ3v) is 3.23. The van der Waals surface area contributed by atoms with E-state index >= 15 is 0 Å². The standard InChI is InChI=1S/C15H20FN3/c1-3-12(2)19-8-7-15(18-19)11-17-10-13-5-4-6-14(16)9-13/h4-9,12,17H,3,10-11H2,1-2H3. The van der Waals surface area contributed by atoms with E-state index in [1.807, 2.05) is 23.0 Å². The highest BCUT2D eigenvalue weighted by atomic mass is 19.1. The van der Waals surface area contributed by atoms with Crippen LogP contribution in [0.3, 0.4) is 0 Å². The van der Waals surface area contributed by atoms with Gasteiger partial charge in [-0.1, -0.05) is 19.1 Å². The summed E-state index contributed by atoms with van der Waals surface area (Å²) in [7, 11) is 0. The van der Waals surface area contributed by atoms with Gasteiger partial charge in [0.25, 0.3) is 0 Å². The highest BCUT2D eigenvalue weighted by molar-refractivity contribution is 5.16. The van der Waals surface area contributed by atoms with Crippen molar-refractivity contribution in [1.82, 2.24) is 15.1 Å². The second-order valence-corrected chi connectivity index (χ2v) is 4.78. The molecule has 102 valence electrons. The minimum absolute atomic E-state index is 0.194. The Labute approximate surface area is 113 Å². The van der Waals surface area contributed by atoms with Gasteiger partial charge in [-0.2, -0.15) is 5.10 Å². The number of rotatable bonds is 6. The number of hydrogen-bond donors (Lipinski definition) is 1. The first-order valence-electron chi connectivity index (χ1n) is 6.68. The SMILES string of the molecule is CCC(C)n1ccc(CNCc2cccc(F)c2)n1. The lowest BCUT2D eigenvalue weighted by molar-refractivity contribution is 0.471. The summed E-state index contributed by atoms with van der Waals surface area (Å²) in [6, 6.07) is 9.09. The number of aromatic nitrogens is 2. The second kappa shape index (κ2) is 6.48. The zero-order chi connectivity index (χ0) is 13.7. The van der Waals surface area contributed by atoms with Crippen molar-refractivity contribution in [2.24, 2.45) is 0 Å². The molecule has 1 aromatic carbocycles. The monoisotopic (exact) mass is 261 g/mol. The Bertz CT molecular complexity index is 522. The lowest BCUT2D eigenvalue weighted by Crippen LogP contribution is -2.14. The molecule has 0 aliphatic carbocycles. The summed E-state index contributed by atoms with van der Waals surface area (Å²) >= 11 is 0. The van der Waals surface area contributed by atoms with Crippen LogP contribution >= 0.6 is 0 Å². The summed E-state index contributed by atoms with van der Waals surface area (Å²) in [4.78, 5) is 0. The van der Waals surface area contributed by atoms with Gasteiger partial charge in [-0.15, -0.1) is 0 Å². The molecule has 1 heterocycles. The summed E-state index contributed by atoms with van der Waals surface area (Å²) in [6.45, 7) is 5.64. The Morgan fingerprint density at radius 2 is 2.16 bits per heavy atom. The lowest BCUT2D eigenvalue weighted by Gasteiger charge is -2.08. The van der Waals surface area contributed by atoms with Gasteiger partial charge in [-0.05, 0) is 37.1 Å². The molecular weight excluding hydrogens is 241 g/mol. The minimum atomic E-state index is -0.194. The average Bonchev–Trinajstić information content (AvgIpc) is 2.87. The molecule has 2 rings (SSSR count). The molecule has 2 aromatic rings. The molecular formula is C15H20FN3.